The average Bonchev–Trinajstić information content (AvgIpc) is 2.88. The lowest BCUT2D eigenvalue weighted by atomic mass is 10.2. The summed E-state index contributed by atoms with van der Waals surface area (Å²) in [6.07, 6.45) is 3.76. The van der Waals surface area contributed by atoms with Gasteiger partial charge in [0, 0.05) is 19.6 Å². The molecule has 1 fully saturated rings. The number of ether oxygens (including phenoxy) is 1. The Kier molecular flexibility index (Phi) is 3.80. The molecule has 0 spiro atoms. The van der Waals surface area contributed by atoms with Crippen molar-refractivity contribution in [3.63, 3.8) is 0 Å². The van der Waals surface area contributed by atoms with Crippen LogP contribution in [0.5, 0.6) is 0 Å². The van der Waals surface area contributed by atoms with Gasteiger partial charge in [0.1, 0.15) is 11.5 Å². The zero-order valence-electron chi connectivity index (χ0n) is 9.29. The Morgan fingerprint density at radius 3 is 2.93 bits per heavy atom. The van der Waals surface area contributed by atoms with Gasteiger partial charge < -0.3 is 14.5 Å². The van der Waals surface area contributed by atoms with Crippen molar-refractivity contribution < 1.29 is 9.15 Å². The molecule has 1 aromatic rings. The molecule has 3 heteroatoms. The number of rotatable bonds is 5. The molecule has 2 heterocycles. The summed E-state index contributed by atoms with van der Waals surface area (Å²) in [5.41, 5.74) is 0. The normalized spacial score (nSPS) is 21.0. The third-order valence-corrected chi connectivity index (χ3v) is 2.76. The highest BCUT2D eigenvalue weighted by molar-refractivity contribution is 5.06. The maximum absolute atomic E-state index is 5.59. The molecule has 0 amide bonds. The lowest BCUT2D eigenvalue weighted by Gasteiger charge is -2.09. The molecule has 3 nitrogen and oxygen atoms in total. The molecule has 84 valence electrons. The van der Waals surface area contributed by atoms with E-state index in [0.717, 1.165) is 37.6 Å². The van der Waals surface area contributed by atoms with E-state index in [0.29, 0.717) is 6.10 Å². The molecular formula is C12H19NO2. The van der Waals surface area contributed by atoms with E-state index in [1.807, 2.05) is 12.1 Å². The summed E-state index contributed by atoms with van der Waals surface area (Å²) < 4.78 is 11.1. The minimum atomic E-state index is 0.408. The fourth-order valence-electron chi connectivity index (χ4n) is 1.87. The molecule has 1 aliphatic heterocycles. The molecule has 0 bridgehead atoms. The summed E-state index contributed by atoms with van der Waals surface area (Å²) in [4.78, 5) is 0. The number of nitrogens with one attached hydrogen (secondary N) is 1. The van der Waals surface area contributed by atoms with Gasteiger partial charge in [-0.1, -0.05) is 6.92 Å². The Morgan fingerprint density at radius 2 is 2.27 bits per heavy atom. The summed E-state index contributed by atoms with van der Waals surface area (Å²) in [6.45, 7) is 4.76. The molecule has 1 N–H and O–H groups in total. The third kappa shape index (κ3) is 3.08. The zero-order valence-corrected chi connectivity index (χ0v) is 9.29. The fourth-order valence-corrected chi connectivity index (χ4v) is 1.87. The fraction of sp³-hybridized carbons (Fsp3) is 0.667. The monoisotopic (exact) mass is 209 g/mol. The molecular weight excluding hydrogens is 190 g/mol. The van der Waals surface area contributed by atoms with Crippen LogP contribution < -0.4 is 5.32 Å². The Morgan fingerprint density at radius 1 is 1.40 bits per heavy atom. The van der Waals surface area contributed by atoms with Crippen molar-refractivity contribution in [2.24, 2.45) is 0 Å². The number of aryl methyl sites for hydroxylation is 1. The van der Waals surface area contributed by atoms with Crippen molar-refractivity contribution in [1.82, 2.24) is 5.32 Å². The van der Waals surface area contributed by atoms with E-state index >= 15 is 0 Å². The highest BCUT2D eigenvalue weighted by Gasteiger charge is 2.14. The van der Waals surface area contributed by atoms with E-state index in [4.69, 9.17) is 9.15 Å². The SMILES string of the molecule is CCc1ccc(CNCC2CCCO2)o1. The van der Waals surface area contributed by atoms with Gasteiger partial charge in [-0.2, -0.15) is 0 Å². The van der Waals surface area contributed by atoms with Gasteiger partial charge >= 0.3 is 0 Å². The van der Waals surface area contributed by atoms with E-state index in [-0.39, 0.29) is 0 Å². The van der Waals surface area contributed by atoms with E-state index in [1.54, 1.807) is 0 Å². The predicted octanol–water partition coefficient (Wildman–Crippen LogP) is 2.11. The molecule has 1 unspecified atom stereocenters. The molecule has 0 aromatic carbocycles. The zero-order chi connectivity index (χ0) is 10.5. The van der Waals surface area contributed by atoms with Gasteiger partial charge in [-0.05, 0) is 25.0 Å². The first-order valence-corrected chi connectivity index (χ1v) is 5.78. The van der Waals surface area contributed by atoms with Crippen LogP contribution in [0.1, 0.15) is 31.3 Å². The first kappa shape index (κ1) is 10.7. The van der Waals surface area contributed by atoms with Crippen LogP contribution >= 0.6 is 0 Å². The van der Waals surface area contributed by atoms with Crippen LogP contribution in [0.15, 0.2) is 16.5 Å². The third-order valence-electron chi connectivity index (χ3n) is 2.76. The molecule has 0 radical (unpaired) electrons. The van der Waals surface area contributed by atoms with E-state index in [9.17, 15) is 0 Å². The molecule has 1 saturated heterocycles. The smallest absolute Gasteiger partial charge is 0.117 e. The van der Waals surface area contributed by atoms with Gasteiger partial charge in [0.05, 0.1) is 12.6 Å². The summed E-state index contributed by atoms with van der Waals surface area (Å²) >= 11 is 0. The number of hydrogen-bond acceptors (Lipinski definition) is 3. The average molecular weight is 209 g/mol. The Bertz CT molecular complexity index is 290. The molecule has 1 aliphatic rings. The summed E-state index contributed by atoms with van der Waals surface area (Å²) in [5, 5.41) is 3.36. The molecule has 1 aromatic heterocycles. The Labute approximate surface area is 90.8 Å². The number of hydrogen-bond donors (Lipinski definition) is 1. The second kappa shape index (κ2) is 5.33. The van der Waals surface area contributed by atoms with Crippen molar-refractivity contribution in [3.8, 4) is 0 Å². The first-order chi connectivity index (χ1) is 7.38. The van der Waals surface area contributed by atoms with Crippen molar-refractivity contribution in [3.05, 3.63) is 23.7 Å². The maximum atomic E-state index is 5.59. The first-order valence-electron chi connectivity index (χ1n) is 5.78. The lowest BCUT2D eigenvalue weighted by Crippen LogP contribution is -2.25. The number of furan rings is 1. The van der Waals surface area contributed by atoms with Gasteiger partial charge in [-0.25, -0.2) is 0 Å². The van der Waals surface area contributed by atoms with E-state index < -0.39 is 0 Å². The van der Waals surface area contributed by atoms with E-state index in [2.05, 4.69) is 12.2 Å². The van der Waals surface area contributed by atoms with Crippen LogP contribution in [-0.2, 0) is 17.7 Å². The van der Waals surface area contributed by atoms with E-state index in [1.165, 1.54) is 12.8 Å². The Balaban J connectivity index is 1.68. The summed E-state index contributed by atoms with van der Waals surface area (Å²) in [7, 11) is 0. The highest BCUT2D eigenvalue weighted by atomic mass is 16.5. The van der Waals surface area contributed by atoms with Crippen LogP contribution in [0, 0.1) is 0 Å². The standard InChI is InChI=1S/C12H19NO2/c1-2-10-5-6-12(15-10)9-13-8-11-4-3-7-14-11/h5-6,11,13H,2-4,7-9H2,1H3. The van der Waals surface area contributed by atoms with Crippen molar-refractivity contribution >= 4 is 0 Å². The Hall–Kier alpha value is -0.800. The summed E-state index contributed by atoms with van der Waals surface area (Å²) in [6, 6.07) is 4.09. The maximum Gasteiger partial charge on any atom is 0.117 e. The molecule has 15 heavy (non-hydrogen) atoms. The van der Waals surface area contributed by atoms with Gasteiger partial charge in [-0.3, -0.25) is 0 Å². The largest absolute Gasteiger partial charge is 0.465 e. The molecule has 1 atom stereocenters. The van der Waals surface area contributed by atoms with Crippen molar-refractivity contribution in [2.45, 2.75) is 38.8 Å². The second-order valence-corrected chi connectivity index (χ2v) is 3.99. The van der Waals surface area contributed by atoms with Crippen LogP contribution in [-0.4, -0.2) is 19.3 Å². The molecule has 2 rings (SSSR count). The van der Waals surface area contributed by atoms with Crippen molar-refractivity contribution in [1.29, 1.82) is 0 Å². The lowest BCUT2D eigenvalue weighted by molar-refractivity contribution is 0.109. The van der Waals surface area contributed by atoms with Crippen LogP contribution in [0.3, 0.4) is 0 Å². The topological polar surface area (TPSA) is 34.4 Å². The van der Waals surface area contributed by atoms with Gasteiger partial charge in [0.15, 0.2) is 0 Å². The van der Waals surface area contributed by atoms with Crippen molar-refractivity contribution in [2.75, 3.05) is 13.2 Å². The molecule has 0 saturated carbocycles. The highest BCUT2D eigenvalue weighted by Crippen LogP contribution is 2.11. The minimum Gasteiger partial charge on any atom is -0.465 e. The second-order valence-electron chi connectivity index (χ2n) is 3.99. The van der Waals surface area contributed by atoms with Gasteiger partial charge in [0.25, 0.3) is 0 Å². The molecule has 0 aliphatic carbocycles. The van der Waals surface area contributed by atoms with Crippen LogP contribution in [0.25, 0.3) is 0 Å². The van der Waals surface area contributed by atoms with Crippen LogP contribution in [0.4, 0.5) is 0 Å². The van der Waals surface area contributed by atoms with Gasteiger partial charge in [-0.15, -0.1) is 0 Å². The van der Waals surface area contributed by atoms with Crippen LogP contribution in [0.2, 0.25) is 0 Å². The van der Waals surface area contributed by atoms with Gasteiger partial charge in [0.2, 0.25) is 0 Å². The minimum absolute atomic E-state index is 0.408. The quantitative estimate of drug-likeness (QED) is 0.806. The predicted molar refractivity (Wildman–Crippen MR) is 58.8 cm³/mol. The summed E-state index contributed by atoms with van der Waals surface area (Å²) in [5.74, 6) is 2.08.